The maximum atomic E-state index is 13.4. The van der Waals surface area contributed by atoms with Gasteiger partial charge in [0.2, 0.25) is 0 Å². The minimum atomic E-state index is -3.87. The highest BCUT2D eigenvalue weighted by molar-refractivity contribution is 7.99. The average molecular weight is 445 g/mol. The highest BCUT2D eigenvalue weighted by atomic mass is 35.5. The van der Waals surface area contributed by atoms with E-state index >= 15 is 0 Å². The second-order valence-corrected chi connectivity index (χ2v) is 7.16. The number of H-pyrrole nitrogens is 1. The summed E-state index contributed by atoms with van der Waals surface area (Å²) in [5, 5.41) is 5.61. The first kappa shape index (κ1) is 21.0. The zero-order valence-corrected chi connectivity index (χ0v) is 16.0. The Hall–Kier alpha value is -1.32. The molecule has 0 amide bonds. The largest absolute Gasteiger partial charge is 0.465 e. The molecule has 140 valence electrons. The summed E-state index contributed by atoms with van der Waals surface area (Å²) in [6, 6.07) is 3.75. The summed E-state index contributed by atoms with van der Waals surface area (Å²) < 4.78 is 31.4. The minimum Gasteiger partial charge on any atom is -0.465 e. The van der Waals surface area contributed by atoms with Crippen LogP contribution in [0.4, 0.5) is 8.78 Å². The molecule has 0 aliphatic rings. The van der Waals surface area contributed by atoms with E-state index in [2.05, 4.69) is 4.74 Å². The maximum Gasteiger partial charge on any atom is 0.362 e. The number of aliphatic hydroxyl groups is 1. The second-order valence-electron chi connectivity index (χ2n) is 4.85. The van der Waals surface area contributed by atoms with Crippen molar-refractivity contribution < 1.29 is 23.4 Å². The Morgan fingerprint density at radius 2 is 2.04 bits per heavy atom. The van der Waals surface area contributed by atoms with Gasteiger partial charge in [-0.2, -0.15) is 8.78 Å². The first-order valence-electron chi connectivity index (χ1n) is 6.78. The van der Waals surface area contributed by atoms with Crippen molar-refractivity contribution in [3.63, 3.8) is 0 Å². The van der Waals surface area contributed by atoms with Crippen LogP contribution in [0.2, 0.25) is 10.0 Å². The predicted molar refractivity (Wildman–Crippen MR) is 94.7 cm³/mol. The van der Waals surface area contributed by atoms with Crippen LogP contribution in [0.25, 0.3) is 0 Å². The van der Waals surface area contributed by atoms with E-state index in [4.69, 9.17) is 34.8 Å². The van der Waals surface area contributed by atoms with E-state index in [1.165, 1.54) is 12.1 Å². The summed E-state index contributed by atoms with van der Waals surface area (Å²) in [5.74, 6) is -1.04. The minimum absolute atomic E-state index is 0.0558. The Morgan fingerprint density at radius 1 is 1.38 bits per heavy atom. The summed E-state index contributed by atoms with van der Waals surface area (Å²) in [4.78, 5) is 25.9. The van der Waals surface area contributed by atoms with E-state index in [1.807, 2.05) is 4.98 Å². The van der Waals surface area contributed by atoms with Crippen molar-refractivity contribution in [2.24, 2.45) is 0 Å². The van der Waals surface area contributed by atoms with Gasteiger partial charge in [0.15, 0.2) is 0 Å². The number of methoxy groups -OCH3 is 1. The molecule has 11 heteroatoms. The number of rotatable bonds is 5. The number of hydrogen-bond donors (Lipinski definition) is 2. The molecule has 0 aliphatic carbocycles. The van der Waals surface area contributed by atoms with E-state index in [0.717, 1.165) is 13.2 Å². The van der Waals surface area contributed by atoms with Gasteiger partial charge in [-0.25, -0.2) is 4.79 Å². The van der Waals surface area contributed by atoms with E-state index in [1.54, 1.807) is 0 Å². The van der Waals surface area contributed by atoms with Gasteiger partial charge in [0.25, 0.3) is 5.56 Å². The van der Waals surface area contributed by atoms with Gasteiger partial charge in [0, 0.05) is 9.79 Å². The number of hydrogen-bond acceptors (Lipinski definition) is 5. The van der Waals surface area contributed by atoms with Crippen LogP contribution in [-0.4, -0.2) is 23.2 Å². The zero-order valence-electron chi connectivity index (χ0n) is 12.9. The number of alkyl halides is 3. The predicted octanol–water partition coefficient (Wildman–Crippen LogP) is 4.40. The average Bonchev–Trinajstić information content (AvgIpc) is 2.57. The molecule has 0 atom stereocenters. The SMILES string of the molecule is COC(=O)c1c(Sc2c(Cl)ccc(CO)c2Cl)cc(C(F)(F)Cl)[nH]c1=O. The van der Waals surface area contributed by atoms with Crippen LogP contribution in [0, 0.1) is 0 Å². The molecule has 2 aromatic rings. The molecule has 0 bridgehead atoms. The number of esters is 1. The Labute approximate surface area is 165 Å². The van der Waals surface area contributed by atoms with Crippen molar-refractivity contribution in [2.75, 3.05) is 7.11 Å². The van der Waals surface area contributed by atoms with Crippen molar-refractivity contribution >= 4 is 52.5 Å². The lowest BCUT2D eigenvalue weighted by Gasteiger charge is -2.14. The first-order chi connectivity index (χ1) is 12.1. The third kappa shape index (κ3) is 4.32. The van der Waals surface area contributed by atoms with Gasteiger partial charge in [0.1, 0.15) is 11.3 Å². The Balaban J connectivity index is 2.70. The monoisotopic (exact) mass is 443 g/mol. The van der Waals surface area contributed by atoms with Crippen LogP contribution in [0.1, 0.15) is 21.6 Å². The molecule has 26 heavy (non-hydrogen) atoms. The lowest BCUT2D eigenvalue weighted by atomic mass is 10.2. The lowest BCUT2D eigenvalue weighted by molar-refractivity contribution is 0.0591. The number of nitrogens with one attached hydrogen (secondary N) is 1. The molecular weight excluding hydrogens is 435 g/mol. The summed E-state index contributed by atoms with van der Waals surface area (Å²) in [5.41, 5.74) is -2.21. The molecule has 0 fully saturated rings. The number of halogens is 5. The molecule has 2 N–H and O–H groups in total. The number of benzene rings is 1. The molecule has 0 unspecified atom stereocenters. The van der Waals surface area contributed by atoms with E-state index in [0.29, 0.717) is 17.3 Å². The Morgan fingerprint density at radius 3 is 2.58 bits per heavy atom. The van der Waals surface area contributed by atoms with Gasteiger partial charge >= 0.3 is 11.4 Å². The molecule has 5 nitrogen and oxygen atoms in total. The lowest BCUT2D eigenvalue weighted by Crippen LogP contribution is -2.24. The fourth-order valence-corrected chi connectivity index (χ4v) is 3.79. The third-order valence-electron chi connectivity index (χ3n) is 3.20. The normalized spacial score (nSPS) is 11.5. The number of ether oxygens (including phenoxy) is 1. The molecule has 1 heterocycles. The highest BCUT2D eigenvalue weighted by Gasteiger charge is 2.32. The summed E-state index contributed by atoms with van der Waals surface area (Å²) in [6.07, 6.45) is 0. The summed E-state index contributed by atoms with van der Waals surface area (Å²) in [6.45, 7) is -0.395. The van der Waals surface area contributed by atoms with Gasteiger partial charge in [-0.05, 0) is 29.3 Å². The smallest absolute Gasteiger partial charge is 0.362 e. The first-order valence-corrected chi connectivity index (χ1v) is 8.73. The fraction of sp³-hybridized carbons (Fsp3) is 0.200. The van der Waals surface area contributed by atoms with Gasteiger partial charge in [-0.15, -0.1) is 0 Å². The number of carbonyl (C=O) groups excluding carboxylic acids is 1. The number of carbonyl (C=O) groups is 1. The van der Waals surface area contributed by atoms with Gasteiger partial charge in [-0.1, -0.05) is 41.0 Å². The zero-order chi connectivity index (χ0) is 19.6. The van der Waals surface area contributed by atoms with Crippen LogP contribution in [0.5, 0.6) is 0 Å². The van der Waals surface area contributed by atoms with Crippen LogP contribution in [0.3, 0.4) is 0 Å². The molecule has 0 spiro atoms. The number of aliphatic hydroxyl groups excluding tert-OH is 1. The van der Waals surface area contributed by atoms with Crippen molar-refractivity contribution in [1.29, 1.82) is 0 Å². The van der Waals surface area contributed by atoms with Crippen molar-refractivity contribution in [3.8, 4) is 0 Å². The van der Waals surface area contributed by atoms with E-state index < -0.39 is 34.8 Å². The van der Waals surface area contributed by atoms with Crippen LogP contribution < -0.4 is 5.56 Å². The van der Waals surface area contributed by atoms with Crippen molar-refractivity contribution in [2.45, 2.75) is 21.8 Å². The van der Waals surface area contributed by atoms with Crippen LogP contribution in [-0.2, 0) is 16.7 Å². The molecule has 1 aromatic heterocycles. The van der Waals surface area contributed by atoms with Crippen molar-refractivity contribution in [3.05, 3.63) is 55.4 Å². The molecule has 0 radical (unpaired) electrons. The quantitative estimate of drug-likeness (QED) is 0.528. The second kappa shape index (κ2) is 8.14. The van der Waals surface area contributed by atoms with Crippen molar-refractivity contribution in [1.82, 2.24) is 4.98 Å². The Kier molecular flexibility index (Phi) is 6.57. The number of aromatic nitrogens is 1. The molecule has 0 saturated carbocycles. The van der Waals surface area contributed by atoms with E-state index in [9.17, 15) is 23.5 Å². The topological polar surface area (TPSA) is 79.4 Å². The fourth-order valence-electron chi connectivity index (χ4n) is 1.96. The molecule has 2 rings (SSSR count). The standard InChI is InChI=1S/C15H10Cl3F2NO4S/c1-25-14(24)10-8(4-9(15(18,19)20)21-13(10)23)26-12-7(16)3-2-6(5-22)11(12)17/h2-4,22H,5H2,1H3,(H,21,23). The number of pyridine rings is 1. The van der Waals surface area contributed by atoms with Gasteiger partial charge in [-0.3, -0.25) is 4.79 Å². The Bertz CT molecular complexity index is 915. The third-order valence-corrected chi connectivity index (χ3v) is 5.55. The maximum absolute atomic E-state index is 13.4. The molecule has 0 saturated heterocycles. The van der Waals surface area contributed by atoms with Gasteiger partial charge in [0.05, 0.1) is 23.8 Å². The molecular formula is C15H10Cl3F2NO4S. The van der Waals surface area contributed by atoms with Gasteiger partial charge < -0.3 is 14.8 Å². The summed E-state index contributed by atoms with van der Waals surface area (Å²) >= 11 is 17.9. The van der Waals surface area contributed by atoms with Crippen LogP contribution in [0.15, 0.2) is 32.8 Å². The van der Waals surface area contributed by atoms with E-state index in [-0.39, 0.29) is 19.8 Å². The van der Waals surface area contributed by atoms with Crippen LogP contribution >= 0.6 is 46.6 Å². The molecule has 0 aliphatic heterocycles. The highest BCUT2D eigenvalue weighted by Crippen LogP contribution is 2.42. The molecule has 1 aromatic carbocycles. The number of aromatic amines is 1. The summed E-state index contributed by atoms with van der Waals surface area (Å²) in [7, 11) is 1.03.